The van der Waals surface area contributed by atoms with Crippen molar-refractivity contribution in [2.24, 2.45) is 0 Å². The third-order valence-electron chi connectivity index (χ3n) is 2.50. The summed E-state index contributed by atoms with van der Waals surface area (Å²) < 4.78 is 0. The first-order valence-corrected chi connectivity index (χ1v) is 8.07. The Balaban J connectivity index is 1.61. The molecule has 0 amide bonds. The van der Waals surface area contributed by atoms with E-state index in [1.165, 1.54) is 15.6 Å². The minimum Gasteiger partial charge on any atom is -0.310 e. The number of thiazole rings is 1. The zero-order chi connectivity index (χ0) is 12.6. The van der Waals surface area contributed by atoms with Crippen LogP contribution in [0.3, 0.4) is 0 Å². The quantitative estimate of drug-likeness (QED) is 0.619. The SMILES string of the molecule is CCc1nc(CNCCSc2ccccc2)cs1. The van der Waals surface area contributed by atoms with Crippen LogP contribution in [-0.4, -0.2) is 17.3 Å². The highest BCUT2D eigenvalue weighted by molar-refractivity contribution is 7.99. The first kappa shape index (κ1) is 13.6. The average Bonchev–Trinajstić information content (AvgIpc) is 2.87. The van der Waals surface area contributed by atoms with Crippen LogP contribution in [0.1, 0.15) is 17.6 Å². The summed E-state index contributed by atoms with van der Waals surface area (Å²) >= 11 is 3.64. The van der Waals surface area contributed by atoms with Crippen molar-refractivity contribution in [2.45, 2.75) is 24.8 Å². The molecule has 0 saturated carbocycles. The van der Waals surface area contributed by atoms with Crippen molar-refractivity contribution in [3.05, 3.63) is 46.4 Å². The summed E-state index contributed by atoms with van der Waals surface area (Å²) in [6.07, 6.45) is 1.04. The highest BCUT2D eigenvalue weighted by Crippen LogP contribution is 2.16. The van der Waals surface area contributed by atoms with Crippen LogP contribution in [0.5, 0.6) is 0 Å². The van der Waals surface area contributed by atoms with E-state index in [0.717, 1.165) is 25.3 Å². The van der Waals surface area contributed by atoms with Crippen molar-refractivity contribution < 1.29 is 0 Å². The third kappa shape index (κ3) is 4.44. The van der Waals surface area contributed by atoms with Gasteiger partial charge in [-0.2, -0.15) is 0 Å². The van der Waals surface area contributed by atoms with Crippen molar-refractivity contribution in [2.75, 3.05) is 12.3 Å². The van der Waals surface area contributed by atoms with E-state index in [-0.39, 0.29) is 0 Å². The zero-order valence-corrected chi connectivity index (χ0v) is 12.2. The lowest BCUT2D eigenvalue weighted by Crippen LogP contribution is -2.16. The van der Waals surface area contributed by atoms with Gasteiger partial charge in [-0.05, 0) is 18.6 Å². The Bertz CT molecular complexity index is 454. The van der Waals surface area contributed by atoms with Crippen molar-refractivity contribution >= 4 is 23.1 Å². The van der Waals surface area contributed by atoms with Crippen molar-refractivity contribution in [3.8, 4) is 0 Å². The monoisotopic (exact) mass is 278 g/mol. The van der Waals surface area contributed by atoms with Crippen LogP contribution in [-0.2, 0) is 13.0 Å². The van der Waals surface area contributed by atoms with Crippen LogP contribution in [0.15, 0.2) is 40.6 Å². The maximum absolute atomic E-state index is 4.53. The number of nitrogens with one attached hydrogen (secondary N) is 1. The van der Waals surface area contributed by atoms with Crippen LogP contribution in [0.25, 0.3) is 0 Å². The molecule has 18 heavy (non-hydrogen) atoms. The van der Waals surface area contributed by atoms with Gasteiger partial charge < -0.3 is 5.32 Å². The van der Waals surface area contributed by atoms with E-state index in [1.807, 2.05) is 11.8 Å². The predicted molar refractivity (Wildman–Crippen MR) is 80.4 cm³/mol. The van der Waals surface area contributed by atoms with Gasteiger partial charge in [0.25, 0.3) is 0 Å². The van der Waals surface area contributed by atoms with Gasteiger partial charge in [-0.1, -0.05) is 25.1 Å². The summed E-state index contributed by atoms with van der Waals surface area (Å²) in [6.45, 7) is 4.04. The van der Waals surface area contributed by atoms with Crippen molar-refractivity contribution in [1.29, 1.82) is 0 Å². The second-order valence-electron chi connectivity index (χ2n) is 3.92. The van der Waals surface area contributed by atoms with Gasteiger partial charge in [-0.3, -0.25) is 0 Å². The molecular weight excluding hydrogens is 260 g/mol. The van der Waals surface area contributed by atoms with E-state index in [4.69, 9.17) is 0 Å². The number of rotatable bonds is 7. The number of thioether (sulfide) groups is 1. The lowest BCUT2D eigenvalue weighted by atomic mass is 10.4. The Morgan fingerprint density at radius 3 is 2.83 bits per heavy atom. The molecule has 0 saturated heterocycles. The molecule has 1 aromatic heterocycles. The largest absolute Gasteiger partial charge is 0.310 e. The lowest BCUT2D eigenvalue weighted by Gasteiger charge is -2.03. The molecule has 0 radical (unpaired) electrons. The normalized spacial score (nSPS) is 10.7. The molecule has 96 valence electrons. The number of hydrogen-bond donors (Lipinski definition) is 1. The summed E-state index contributed by atoms with van der Waals surface area (Å²) in [5, 5.41) is 6.81. The maximum Gasteiger partial charge on any atom is 0.0926 e. The van der Waals surface area contributed by atoms with E-state index in [0.29, 0.717) is 0 Å². The summed E-state index contributed by atoms with van der Waals surface area (Å²) in [5.74, 6) is 1.09. The molecule has 0 spiro atoms. The van der Waals surface area contributed by atoms with Gasteiger partial charge >= 0.3 is 0 Å². The van der Waals surface area contributed by atoms with E-state index < -0.39 is 0 Å². The molecule has 1 N–H and O–H groups in total. The zero-order valence-electron chi connectivity index (χ0n) is 10.6. The van der Waals surface area contributed by atoms with Crippen LogP contribution >= 0.6 is 23.1 Å². The predicted octanol–water partition coefficient (Wildman–Crippen LogP) is 3.59. The number of aromatic nitrogens is 1. The topological polar surface area (TPSA) is 24.9 Å². The molecule has 1 aromatic carbocycles. The molecule has 2 aromatic rings. The van der Waals surface area contributed by atoms with E-state index >= 15 is 0 Å². The molecule has 2 nitrogen and oxygen atoms in total. The van der Waals surface area contributed by atoms with Gasteiger partial charge in [0.05, 0.1) is 10.7 Å². The smallest absolute Gasteiger partial charge is 0.0926 e. The summed E-state index contributed by atoms with van der Waals surface area (Å²) in [4.78, 5) is 5.87. The Morgan fingerprint density at radius 1 is 1.28 bits per heavy atom. The number of benzene rings is 1. The molecule has 0 aliphatic carbocycles. The molecule has 0 aliphatic rings. The standard InChI is InChI=1S/C14H18N2S2/c1-2-14-16-12(11-18-14)10-15-8-9-17-13-6-4-3-5-7-13/h3-7,11,15H,2,8-10H2,1H3. The van der Waals surface area contributed by atoms with Crippen molar-refractivity contribution in [1.82, 2.24) is 10.3 Å². The number of nitrogens with zero attached hydrogens (tertiary/aromatic N) is 1. The molecule has 1 heterocycles. The first-order chi connectivity index (χ1) is 8.88. The fourth-order valence-corrected chi connectivity index (χ4v) is 3.14. The van der Waals surface area contributed by atoms with Gasteiger partial charge in [0.1, 0.15) is 0 Å². The molecule has 2 rings (SSSR count). The Morgan fingerprint density at radius 2 is 2.11 bits per heavy atom. The molecule has 4 heteroatoms. The van der Waals surface area contributed by atoms with Crippen LogP contribution < -0.4 is 5.32 Å². The summed E-state index contributed by atoms with van der Waals surface area (Å²) in [5.41, 5.74) is 1.17. The van der Waals surface area contributed by atoms with E-state index in [1.54, 1.807) is 11.3 Å². The Kier molecular flexibility index (Phi) is 5.71. The van der Waals surface area contributed by atoms with E-state index in [9.17, 15) is 0 Å². The molecule has 0 aliphatic heterocycles. The maximum atomic E-state index is 4.53. The van der Waals surface area contributed by atoms with Gasteiger partial charge in [0.15, 0.2) is 0 Å². The van der Waals surface area contributed by atoms with Crippen LogP contribution in [0, 0.1) is 0 Å². The van der Waals surface area contributed by atoms with E-state index in [2.05, 4.69) is 52.9 Å². The van der Waals surface area contributed by atoms with Crippen LogP contribution in [0.2, 0.25) is 0 Å². The minimum absolute atomic E-state index is 0.881. The average molecular weight is 278 g/mol. The Labute approximate surface area is 117 Å². The number of aryl methyl sites for hydroxylation is 1. The Hall–Kier alpha value is -0.840. The first-order valence-electron chi connectivity index (χ1n) is 6.20. The molecule has 0 fully saturated rings. The molecule has 0 unspecified atom stereocenters. The lowest BCUT2D eigenvalue weighted by molar-refractivity contribution is 0.716. The highest BCUT2D eigenvalue weighted by Gasteiger charge is 1.99. The fraction of sp³-hybridized carbons (Fsp3) is 0.357. The van der Waals surface area contributed by atoms with Gasteiger partial charge in [-0.25, -0.2) is 4.98 Å². The summed E-state index contributed by atoms with van der Waals surface area (Å²) in [7, 11) is 0. The second kappa shape index (κ2) is 7.56. The van der Waals surface area contributed by atoms with Gasteiger partial charge in [0.2, 0.25) is 0 Å². The van der Waals surface area contributed by atoms with Gasteiger partial charge in [-0.15, -0.1) is 23.1 Å². The molecular formula is C14H18N2S2. The van der Waals surface area contributed by atoms with Gasteiger partial charge in [0, 0.05) is 29.1 Å². The molecule has 0 bridgehead atoms. The van der Waals surface area contributed by atoms with Crippen LogP contribution in [0.4, 0.5) is 0 Å². The van der Waals surface area contributed by atoms with Crippen molar-refractivity contribution in [3.63, 3.8) is 0 Å². The third-order valence-corrected chi connectivity index (χ3v) is 4.55. The highest BCUT2D eigenvalue weighted by atomic mass is 32.2. The number of hydrogen-bond acceptors (Lipinski definition) is 4. The molecule has 0 atom stereocenters. The summed E-state index contributed by atoms with van der Waals surface area (Å²) in [6, 6.07) is 10.5. The fourth-order valence-electron chi connectivity index (χ4n) is 1.57. The minimum atomic E-state index is 0.881. The second-order valence-corrected chi connectivity index (χ2v) is 6.04.